The fourth-order valence-corrected chi connectivity index (χ4v) is 3.52. The van der Waals surface area contributed by atoms with Crippen LogP contribution >= 0.6 is 0 Å². The van der Waals surface area contributed by atoms with Crippen LogP contribution in [0.1, 0.15) is 60.9 Å². The molecule has 6 N–H and O–H groups in total. The maximum Gasteiger partial charge on any atom is 0.256 e. The average Bonchev–Trinajstić information content (AvgIpc) is 2.84. The van der Waals surface area contributed by atoms with Crippen molar-refractivity contribution in [2.45, 2.75) is 57.5 Å². The van der Waals surface area contributed by atoms with Gasteiger partial charge in [0, 0.05) is 44.8 Å². The Morgan fingerprint density at radius 1 is 1.03 bits per heavy atom. The third-order valence-corrected chi connectivity index (χ3v) is 5.47. The van der Waals surface area contributed by atoms with Crippen molar-refractivity contribution in [1.82, 2.24) is 25.6 Å². The molecule has 1 aliphatic heterocycles. The van der Waals surface area contributed by atoms with Gasteiger partial charge in [-0.05, 0) is 43.7 Å². The summed E-state index contributed by atoms with van der Waals surface area (Å²) < 4.78 is 0. The summed E-state index contributed by atoms with van der Waals surface area (Å²) in [6.07, 6.45) is 11.1. The summed E-state index contributed by atoms with van der Waals surface area (Å²) in [5.41, 5.74) is 7.30. The average molecular weight is 455 g/mol. The molecule has 1 unspecified atom stereocenters. The predicted octanol–water partition coefficient (Wildman–Crippen LogP) is 1.81. The largest absolute Gasteiger partial charge is 0.369 e. The number of amides is 2. The van der Waals surface area contributed by atoms with Crippen LogP contribution in [0.25, 0.3) is 0 Å². The summed E-state index contributed by atoms with van der Waals surface area (Å²) in [7, 11) is 0. The second-order valence-electron chi connectivity index (χ2n) is 8.16. The number of nitrogens with two attached hydrogens (primary N) is 1. The third kappa shape index (κ3) is 8.30. The van der Waals surface area contributed by atoms with E-state index in [1.165, 1.54) is 0 Å². The minimum absolute atomic E-state index is 0.0845. The summed E-state index contributed by atoms with van der Waals surface area (Å²) in [5.74, 6) is 0.642. The van der Waals surface area contributed by atoms with E-state index in [2.05, 4.69) is 36.2 Å². The van der Waals surface area contributed by atoms with Crippen molar-refractivity contribution in [2.24, 2.45) is 5.73 Å². The molecular weight excluding hydrogens is 420 g/mol. The molecular formula is C23H34N8O2. The van der Waals surface area contributed by atoms with Crippen molar-refractivity contribution < 1.29 is 9.59 Å². The van der Waals surface area contributed by atoms with Gasteiger partial charge >= 0.3 is 0 Å². The second kappa shape index (κ2) is 13.3. The zero-order valence-corrected chi connectivity index (χ0v) is 19.0. The number of pyridine rings is 1. The van der Waals surface area contributed by atoms with Gasteiger partial charge in [0.15, 0.2) is 0 Å². The van der Waals surface area contributed by atoms with Gasteiger partial charge in [-0.25, -0.2) is 4.98 Å². The van der Waals surface area contributed by atoms with Crippen LogP contribution in [0, 0.1) is 0 Å². The molecule has 0 fully saturated rings. The van der Waals surface area contributed by atoms with Gasteiger partial charge in [0.05, 0.1) is 6.04 Å². The Balaban J connectivity index is 1.65. The van der Waals surface area contributed by atoms with Gasteiger partial charge in [0.1, 0.15) is 11.4 Å². The molecule has 2 amide bonds. The van der Waals surface area contributed by atoms with E-state index in [1.54, 1.807) is 18.6 Å². The molecule has 1 atom stereocenters. The molecule has 10 nitrogen and oxygen atoms in total. The number of anilines is 2. The summed E-state index contributed by atoms with van der Waals surface area (Å²) in [6, 6.07) is 3.24. The van der Waals surface area contributed by atoms with Gasteiger partial charge < -0.3 is 27.0 Å². The van der Waals surface area contributed by atoms with Gasteiger partial charge in [-0.15, -0.1) is 0 Å². The standard InChI is InChI=1S/C23H34N8O2/c24-19-9-3-6-11-26-20-18(21(32)29-15-17-8-7-10-25-14-17)16-30-23(31-20)28-13-5-2-1-4-12-27-22(19)33/h7-8,10,14,16,19H,1-6,9,11-13,15,24H2,(H,27,33)(H,29,32)(H2,26,28,30,31). The van der Waals surface area contributed by atoms with E-state index in [-0.39, 0.29) is 11.8 Å². The molecule has 33 heavy (non-hydrogen) atoms. The molecule has 0 radical (unpaired) electrons. The first-order chi connectivity index (χ1) is 16.1. The van der Waals surface area contributed by atoms with Crippen LogP contribution in [0.4, 0.5) is 11.8 Å². The van der Waals surface area contributed by atoms with Crippen molar-refractivity contribution >= 4 is 23.6 Å². The van der Waals surface area contributed by atoms with Crippen LogP contribution in [0.3, 0.4) is 0 Å². The molecule has 1 aliphatic rings. The Hall–Kier alpha value is -3.27. The van der Waals surface area contributed by atoms with E-state index in [1.807, 2.05) is 12.1 Å². The van der Waals surface area contributed by atoms with Crippen LogP contribution < -0.4 is 27.0 Å². The zero-order chi connectivity index (χ0) is 23.3. The monoisotopic (exact) mass is 454 g/mol. The molecule has 0 aliphatic carbocycles. The van der Waals surface area contributed by atoms with Crippen LogP contribution in [0.5, 0.6) is 0 Å². The fraction of sp³-hybridized carbons (Fsp3) is 0.522. The lowest BCUT2D eigenvalue weighted by Crippen LogP contribution is -2.40. The molecule has 0 saturated carbocycles. The van der Waals surface area contributed by atoms with Crippen LogP contribution in [-0.2, 0) is 11.3 Å². The fourth-order valence-electron chi connectivity index (χ4n) is 3.52. The first-order valence-corrected chi connectivity index (χ1v) is 11.7. The minimum atomic E-state index is -0.493. The van der Waals surface area contributed by atoms with Gasteiger partial charge in [0.2, 0.25) is 11.9 Å². The maximum atomic E-state index is 12.8. The zero-order valence-electron chi connectivity index (χ0n) is 19.0. The van der Waals surface area contributed by atoms with Crippen molar-refractivity contribution in [3.63, 3.8) is 0 Å². The van der Waals surface area contributed by atoms with E-state index in [0.717, 1.165) is 50.6 Å². The summed E-state index contributed by atoms with van der Waals surface area (Å²) in [5, 5.41) is 12.3. The number of fused-ring (bicyclic) bond motifs is 2. The number of rotatable bonds is 3. The first kappa shape index (κ1) is 24.4. The SMILES string of the molecule is NC1CCCCNc2nc(ncc2C(=O)NCc2cccnc2)NCCCCCCNC1=O. The molecule has 3 heterocycles. The lowest BCUT2D eigenvalue weighted by atomic mass is 10.1. The van der Waals surface area contributed by atoms with Gasteiger partial charge in [0.25, 0.3) is 5.91 Å². The number of nitrogens with zero attached hydrogens (tertiary/aromatic N) is 3. The van der Waals surface area contributed by atoms with Crippen molar-refractivity contribution in [3.05, 3.63) is 41.9 Å². The summed E-state index contributed by atoms with van der Waals surface area (Å²) >= 11 is 0. The number of hydrogen-bond acceptors (Lipinski definition) is 8. The highest BCUT2D eigenvalue weighted by atomic mass is 16.2. The van der Waals surface area contributed by atoms with E-state index in [4.69, 9.17) is 5.73 Å². The normalized spacial score (nSPS) is 18.6. The smallest absolute Gasteiger partial charge is 0.256 e. The molecule has 2 aromatic heterocycles. The van der Waals surface area contributed by atoms with Crippen molar-refractivity contribution in [2.75, 3.05) is 30.3 Å². The maximum absolute atomic E-state index is 12.8. The third-order valence-electron chi connectivity index (χ3n) is 5.47. The highest BCUT2D eigenvalue weighted by Crippen LogP contribution is 2.15. The van der Waals surface area contributed by atoms with Gasteiger partial charge in [-0.2, -0.15) is 4.98 Å². The summed E-state index contributed by atoms with van der Waals surface area (Å²) in [6.45, 7) is 2.38. The number of hydrogen-bond donors (Lipinski definition) is 5. The number of aromatic nitrogens is 3. The van der Waals surface area contributed by atoms with E-state index >= 15 is 0 Å². The first-order valence-electron chi connectivity index (χ1n) is 11.7. The Labute approximate surface area is 194 Å². The number of carbonyl (C=O) groups is 2. The Kier molecular flexibility index (Phi) is 9.84. The molecule has 2 aromatic rings. The second-order valence-corrected chi connectivity index (χ2v) is 8.16. The Morgan fingerprint density at radius 2 is 1.79 bits per heavy atom. The molecule has 3 rings (SSSR count). The Morgan fingerprint density at radius 3 is 2.58 bits per heavy atom. The van der Waals surface area contributed by atoms with E-state index in [0.29, 0.717) is 43.4 Å². The molecule has 2 bridgehead atoms. The summed E-state index contributed by atoms with van der Waals surface area (Å²) in [4.78, 5) is 37.8. The molecule has 10 heteroatoms. The molecule has 178 valence electrons. The topological polar surface area (TPSA) is 147 Å². The highest BCUT2D eigenvalue weighted by Gasteiger charge is 2.16. The Bertz CT molecular complexity index is 893. The van der Waals surface area contributed by atoms with Gasteiger partial charge in [-0.3, -0.25) is 14.6 Å². The minimum Gasteiger partial charge on any atom is -0.369 e. The van der Waals surface area contributed by atoms with E-state index in [9.17, 15) is 9.59 Å². The quantitative estimate of drug-likeness (QED) is 0.472. The van der Waals surface area contributed by atoms with Crippen molar-refractivity contribution in [1.29, 1.82) is 0 Å². The molecule has 0 saturated heterocycles. The highest BCUT2D eigenvalue weighted by molar-refractivity contribution is 5.98. The number of nitrogens with one attached hydrogen (secondary N) is 4. The van der Waals surface area contributed by atoms with Crippen molar-refractivity contribution in [3.8, 4) is 0 Å². The van der Waals surface area contributed by atoms with Crippen LogP contribution in [0.15, 0.2) is 30.7 Å². The lowest BCUT2D eigenvalue weighted by molar-refractivity contribution is -0.122. The predicted molar refractivity (Wildman–Crippen MR) is 128 cm³/mol. The lowest BCUT2D eigenvalue weighted by Gasteiger charge is -2.15. The van der Waals surface area contributed by atoms with E-state index < -0.39 is 6.04 Å². The molecule has 0 aromatic carbocycles. The van der Waals surface area contributed by atoms with Crippen LogP contribution in [0.2, 0.25) is 0 Å². The van der Waals surface area contributed by atoms with Crippen LogP contribution in [-0.4, -0.2) is 52.4 Å². The van der Waals surface area contributed by atoms with Gasteiger partial charge in [-0.1, -0.05) is 18.9 Å². The molecule has 0 spiro atoms. The number of carbonyl (C=O) groups excluding carboxylic acids is 2.